The lowest BCUT2D eigenvalue weighted by atomic mass is 9.93. The van der Waals surface area contributed by atoms with Gasteiger partial charge in [0, 0.05) is 49.7 Å². The normalized spacial score (nSPS) is 19.6. The molecule has 2 heterocycles. The predicted molar refractivity (Wildman–Crippen MR) is 144 cm³/mol. The highest BCUT2D eigenvalue weighted by Crippen LogP contribution is 2.40. The number of hydrogen-bond donors (Lipinski definition) is 2. The average Bonchev–Trinajstić information content (AvgIpc) is 3.64. The molecule has 38 heavy (non-hydrogen) atoms. The molecule has 0 spiro atoms. The van der Waals surface area contributed by atoms with Crippen LogP contribution in [0.15, 0.2) is 36.0 Å². The maximum absolute atomic E-state index is 14.9. The maximum Gasteiger partial charge on any atom is 0.243 e. The van der Waals surface area contributed by atoms with Crippen LogP contribution >= 0.6 is 24.2 Å². The van der Waals surface area contributed by atoms with Crippen molar-refractivity contribution in [2.24, 2.45) is 5.92 Å². The molecule has 2 N–H and O–H groups in total. The van der Waals surface area contributed by atoms with Crippen LogP contribution in [0.5, 0.6) is 0 Å². The highest BCUT2D eigenvalue weighted by atomic mass is 35.5. The summed E-state index contributed by atoms with van der Waals surface area (Å²) in [5.41, 5.74) is 3.74. The van der Waals surface area contributed by atoms with Crippen LogP contribution in [-0.4, -0.2) is 60.2 Å². The van der Waals surface area contributed by atoms with E-state index in [1.807, 2.05) is 11.0 Å². The van der Waals surface area contributed by atoms with E-state index < -0.39 is 11.9 Å². The van der Waals surface area contributed by atoms with E-state index >= 15 is 0 Å². The fraction of sp³-hybridized carbons (Fsp3) is 0.500. The number of likely N-dealkylation sites (tertiary alicyclic amines) is 1. The summed E-state index contributed by atoms with van der Waals surface area (Å²) in [6.45, 7) is 3.07. The molecule has 0 bridgehead atoms. The Kier molecular flexibility index (Phi) is 11.0. The third kappa shape index (κ3) is 7.72. The standard InChI is InChI=1S/C26H32FN5O4S.ClH/c1-17(33)37-23-11-13-31(25(26(35)18-9-10-18)21-6-2-3-7-22(21)27)16-19(23)14-20-15-28-30-32(20)12-5-4-8-24(34)29-36;/h2-3,6-7,14-15,18,23,25,36H,4-5,8-13,16H2,1H3,(H,29,34);1H. The molecule has 4 rings (SSSR count). The summed E-state index contributed by atoms with van der Waals surface area (Å²) in [5.74, 6) is -0.789. The van der Waals surface area contributed by atoms with E-state index in [0.717, 1.165) is 24.1 Å². The molecule has 206 valence electrons. The number of amides is 1. The zero-order valence-electron chi connectivity index (χ0n) is 21.2. The number of nitrogens with one attached hydrogen (secondary N) is 1. The van der Waals surface area contributed by atoms with Gasteiger partial charge in [0.05, 0.1) is 17.9 Å². The number of aryl methyl sites for hydroxylation is 1. The number of Topliss-reactive ketones (excluding diaryl/α,β-unsaturated/α-hetero) is 1. The van der Waals surface area contributed by atoms with Gasteiger partial charge >= 0.3 is 0 Å². The summed E-state index contributed by atoms with van der Waals surface area (Å²) in [5, 5.41) is 16.8. The second kappa shape index (κ2) is 14.0. The topological polar surface area (TPSA) is 117 Å². The van der Waals surface area contributed by atoms with Crippen molar-refractivity contribution in [2.45, 2.75) is 63.3 Å². The summed E-state index contributed by atoms with van der Waals surface area (Å²) in [6, 6.07) is 5.81. The Morgan fingerprint density at radius 2 is 2.00 bits per heavy atom. The van der Waals surface area contributed by atoms with E-state index in [0.29, 0.717) is 44.5 Å². The molecule has 1 aliphatic carbocycles. The molecule has 1 saturated carbocycles. The number of carbonyl (C=O) groups excluding carboxylic acids is 3. The summed E-state index contributed by atoms with van der Waals surface area (Å²) in [7, 11) is 0. The van der Waals surface area contributed by atoms with Crippen LogP contribution < -0.4 is 5.48 Å². The van der Waals surface area contributed by atoms with Crippen molar-refractivity contribution in [3.8, 4) is 0 Å². The van der Waals surface area contributed by atoms with Crippen molar-refractivity contribution in [1.82, 2.24) is 25.4 Å². The van der Waals surface area contributed by atoms with Crippen molar-refractivity contribution in [2.75, 3.05) is 13.1 Å². The largest absolute Gasteiger partial charge is 0.297 e. The van der Waals surface area contributed by atoms with Crippen molar-refractivity contribution >= 4 is 47.1 Å². The van der Waals surface area contributed by atoms with Crippen molar-refractivity contribution in [3.63, 3.8) is 0 Å². The molecule has 2 aliphatic rings. The van der Waals surface area contributed by atoms with E-state index in [2.05, 4.69) is 10.3 Å². The molecule has 2 fully saturated rings. The van der Waals surface area contributed by atoms with Crippen LogP contribution in [0.2, 0.25) is 0 Å². The number of aromatic nitrogens is 3. The Morgan fingerprint density at radius 3 is 2.68 bits per heavy atom. The molecule has 1 saturated heterocycles. The first-order valence-electron chi connectivity index (χ1n) is 12.6. The lowest BCUT2D eigenvalue weighted by molar-refractivity contribution is -0.129. The van der Waals surface area contributed by atoms with Gasteiger partial charge in [-0.05, 0) is 49.8 Å². The average molecular weight is 566 g/mol. The Balaban J connectivity index is 0.00000400. The number of carbonyl (C=O) groups is 3. The van der Waals surface area contributed by atoms with E-state index in [4.69, 9.17) is 5.21 Å². The fourth-order valence-electron chi connectivity index (χ4n) is 4.74. The first-order valence-corrected chi connectivity index (χ1v) is 13.5. The van der Waals surface area contributed by atoms with Gasteiger partial charge in [0.25, 0.3) is 0 Å². The van der Waals surface area contributed by atoms with Crippen molar-refractivity contribution in [3.05, 3.63) is 53.1 Å². The Hall–Kier alpha value is -2.60. The summed E-state index contributed by atoms with van der Waals surface area (Å²) >= 11 is 1.27. The fourth-order valence-corrected chi connectivity index (χ4v) is 5.66. The quantitative estimate of drug-likeness (QED) is 0.239. The summed E-state index contributed by atoms with van der Waals surface area (Å²) in [4.78, 5) is 38.6. The van der Waals surface area contributed by atoms with Crippen LogP contribution in [0.25, 0.3) is 6.08 Å². The van der Waals surface area contributed by atoms with Crippen LogP contribution in [0.3, 0.4) is 0 Å². The van der Waals surface area contributed by atoms with E-state index in [1.54, 1.807) is 41.5 Å². The number of unbranched alkanes of at least 4 members (excludes halogenated alkanes) is 1. The van der Waals surface area contributed by atoms with Gasteiger partial charge in [-0.25, -0.2) is 14.6 Å². The Morgan fingerprint density at radius 1 is 1.24 bits per heavy atom. The number of halogens is 2. The predicted octanol–water partition coefficient (Wildman–Crippen LogP) is 3.97. The lowest BCUT2D eigenvalue weighted by Gasteiger charge is -2.38. The number of hydrogen-bond acceptors (Lipinski definition) is 8. The monoisotopic (exact) mass is 565 g/mol. The highest BCUT2D eigenvalue weighted by Gasteiger charge is 2.41. The first-order chi connectivity index (χ1) is 17.9. The minimum absolute atomic E-state index is 0. The molecule has 1 amide bonds. The summed E-state index contributed by atoms with van der Waals surface area (Å²) < 4.78 is 16.6. The zero-order chi connectivity index (χ0) is 26.4. The Bertz CT molecular complexity index is 1170. The third-order valence-corrected chi connectivity index (χ3v) is 7.88. The second-order valence-electron chi connectivity index (χ2n) is 9.55. The highest BCUT2D eigenvalue weighted by molar-refractivity contribution is 8.14. The number of rotatable bonds is 11. The SMILES string of the molecule is CC(=O)SC1CCN(C(C(=O)C2CC2)c2ccccc2F)CC1=Cc1cnnn1CCCCC(=O)NO.Cl. The molecule has 1 aliphatic heterocycles. The van der Waals surface area contributed by atoms with Gasteiger partial charge in [-0.1, -0.05) is 35.2 Å². The lowest BCUT2D eigenvalue weighted by Crippen LogP contribution is -2.43. The van der Waals surface area contributed by atoms with Gasteiger partial charge in [-0.15, -0.1) is 17.5 Å². The smallest absolute Gasteiger partial charge is 0.243 e. The molecular formula is C26H33ClFN5O4S. The van der Waals surface area contributed by atoms with Gasteiger partial charge in [0.1, 0.15) is 5.82 Å². The number of benzene rings is 1. The van der Waals surface area contributed by atoms with E-state index in [1.165, 1.54) is 17.8 Å². The molecule has 1 aromatic heterocycles. The zero-order valence-corrected chi connectivity index (χ0v) is 22.8. The molecule has 2 unspecified atom stereocenters. The molecule has 2 aromatic rings. The van der Waals surface area contributed by atoms with Crippen LogP contribution in [0.1, 0.15) is 62.7 Å². The third-order valence-electron chi connectivity index (χ3n) is 6.73. The maximum atomic E-state index is 14.9. The van der Waals surface area contributed by atoms with Crippen molar-refractivity contribution < 1.29 is 24.0 Å². The van der Waals surface area contributed by atoms with Crippen LogP contribution in [0.4, 0.5) is 4.39 Å². The number of piperidine rings is 1. The molecular weight excluding hydrogens is 533 g/mol. The number of hydroxylamine groups is 1. The van der Waals surface area contributed by atoms with E-state index in [-0.39, 0.29) is 46.7 Å². The van der Waals surface area contributed by atoms with Gasteiger partial charge in [-0.3, -0.25) is 24.5 Å². The molecule has 9 nitrogen and oxygen atoms in total. The minimum Gasteiger partial charge on any atom is -0.297 e. The summed E-state index contributed by atoms with van der Waals surface area (Å²) in [6.07, 6.45) is 7.39. The molecule has 2 atom stereocenters. The van der Waals surface area contributed by atoms with Gasteiger partial charge < -0.3 is 0 Å². The molecule has 0 radical (unpaired) electrons. The van der Waals surface area contributed by atoms with Gasteiger partial charge in [0.2, 0.25) is 5.91 Å². The Labute approximate surface area is 231 Å². The van der Waals surface area contributed by atoms with Gasteiger partial charge in [-0.2, -0.15) is 0 Å². The number of thioether (sulfide) groups is 1. The molecule has 12 heteroatoms. The molecule has 1 aromatic carbocycles. The van der Waals surface area contributed by atoms with Crippen molar-refractivity contribution in [1.29, 1.82) is 0 Å². The van der Waals surface area contributed by atoms with E-state index in [9.17, 15) is 18.8 Å². The number of nitrogens with zero attached hydrogens (tertiary/aromatic N) is 4. The minimum atomic E-state index is -0.666. The second-order valence-corrected chi connectivity index (χ2v) is 10.9. The first kappa shape index (κ1) is 29.9. The van der Waals surface area contributed by atoms with Gasteiger partial charge in [0.15, 0.2) is 10.9 Å². The van der Waals surface area contributed by atoms with Crippen LogP contribution in [0, 0.1) is 11.7 Å². The number of ketones is 1. The van der Waals surface area contributed by atoms with Crippen LogP contribution in [-0.2, 0) is 20.9 Å².